The third-order valence-corrected chi connectivity index (χ3v) is 4.18. The summed E-state index contributed by atoms with van der Waals surface area (Å²) >= 11 is 5.93. The van der Waals surface area contributed by atoms with Crippen LogP contribution in [0.3, 0.4) is 0 Å². The zero-order valence-electron chi connectivity index (χ0n) is 9.40. The highest BCUT2D eigenvalue weighted by molar-refractivity contribution is 7.84. The molecule has 0 aliphatic carbocycles. The van der Waals surface area contributed by atoms with Gasteiger partial charge in [0.25, 0.3) is 0 Å². The fourth-order valence-corrected chi connectivity index (χ4v) is 2.89. The number of anilines is 1. The van der Waals surface area contributed by atoms with Gasteiger partial charge in [-0.1, -0.05) is 11.6 Å². The maximum absolute atomic E-state index is 13.1. The smallest absolute Gasteiger partial charge is 0.123 e. The van der Waals surface area contributed by atoms with Crippen molar-refractivity contribution in [2.24, 2.45) is 0 Å². The van der Waals surface area contributed by atoms with E-state index in [1.54, 1.807) is 24.3 Å². The summed E-state index contributed by atoms with van der Waals surface area (Å²) in [5.41, 5.74) is 6.70. The van der Waals surface area contributed by atoms with Gasteiger partial charge < -0.3 is 5.73 Å². The molecule has 18 heavy (non-hydrogen) atoms. The van der Waals surface area contributed by atoms with Crippen molar-refractivity contribution >= 4 is 28.1 Å². The number of halogens is 2. The van der Waals surface area contributed by atoms with Crippen LogP contribution in [0.5, 0.6) is 0 Å². The van der Waals surface area contributed by atoms with Crippen LogP contribution in [0.4, 0.5) is 10.1 Å². The lowest BCUT2D eigenvalue weighted by atomic mass is 10.2. The van der Waals surface area contributed by atoms with Crippen molar-refractivity contribution in [3.8, 4) is 0 Å². The summed E-state index contributed by atoms with van der Waals surface area (Å²) in [4.78, 5) is 0.643. The number of rotatable bonds is 3. The minimum Gasteiger partial charge on any atom is -0.399 e. The highest BCUT2D eigenvalue weighted by atomic mass is 35.5. The quantitative estimate of drug-likeness (QED) is 0.878. The molecule has 2 aromatic carbocycles. The van der Waals surface area contributed by atoms with E-state index in [0.29, 0.717) is 21.2 Å². The van der Waals surface area contributed by atoms with Gasteiger partial charge in [0.05, 0.1) is 16.6 Å². The van der Waals surface area contributed by atoms with Gasteiger partial charge >= 0.3 is 0 Å². The monoisotopic (exact) mass is 283 g/mol. The first kappa shape index (κ1) is 13.1. The lowest BCUT2D eigenvalue weighted by molar-refractivity contribution is 0.626. The number of hydrogen-bond donors (Lipinski definition) is 1. The van der Waals surface area contributed by atoms with E-state index >= 15 is 0 Å². The summed E-state index contributed by atoms with van der Waals surface area (Å²) < 4.78 is 25.2. The van der Waals surface area contributed by atoms with Crippen LogP contribution >= 0.6 is 11.6 Å². The van der Waals surface area contributed by atoms with E-state index in [9.17, 15) is 8.60 Å². The molecule has 2 nitrogen and oxygen atoms in total. The molecule has 1 atom stereocenters. The first-order valence-electron chi connectivity index (χ1n) is 5.24. The maximum atomic E-state index is 13.1. The molecule has 0 aromatic heterocycles. The third kappa shape index (κ3) is 3.09. The predicted molar refractivity (Wildman–Crippen MR) is 72.4 cm³/mol. The van der Waals surface area contributed by atoms with Crippen LogP contribution in [0.25, 0.3) is 0 Å². The number of nitrogens with two attached hydrogens (primary N) is 1. The topological polar surface area (TPSA) is 43.1 Å². The van der Waals surface area contributed by atoms with Gasteiger partial charge in [-0.25, -0.2) is 4.39 Å². The van der Waals surface area contributed by atoms with Crippen molar-refractivity contribution in [1.82, 2.24) is 0 Å². The SMILES string of the molecule is Nc1ccc(S(=O)Cc2cc(F)ccc2Cl)cc1. The van der Waals surface area contributed by atoms with Crippen LogP contribution in [0.1, 0.15) is 5.56 Å². The molecule has 0 saturated heterocycles. The Bertz CT molecular complexity index is 586. The molecule has 2 aromatic rings. The summed E-state index contributed by atoms with van der Waals surface area (Å²) in [6.07, 6.45) is 0. The maximum Gasteiger partial charge on any atom is 0.123 e. The molecule has 94 valence electrons. The first-order valence-corrected chi connectivity index (χ1v) is 6.94. The molecule has 0 saturated carbocycles. The second-order valence-electron chi connectivity index (χ2n) is 3.79. The van der Waals surface area contributed by atoms with E-state index in [1.165, 1.54) is 18.2 Å². The van der Waals surface area contributed by atoms with E-state index in [-0.39, 0.29) is 11.6 Å². The van der Waals surface area contributed by atoms with Crippen molar-refractivity contribution in [3.05, 3.63) is 58.9 Å². The lowest BCUT2D eigenvalue weighted by Gasteiger charge is -2.05. The summed E-state index contributed by atoms with van der Waals surface area (Å²) in [7, 11) is -1.27. The summed E-state index contributed by atoms with van der Waals surface area (Å²) in [6, 6.07) is 10.8. The molecular weight excluding hydrogens is 273 g/mol. The van der Waals surface area contributed by atoms with Crippen molar-refractivity contribution in [1.29, 1.82) is 0 Å². The molecule has 2 rings (SSSR count). The molecule has 0 heterocycles. The van der Waals surface area contributed by atoms with Crippen molar-refractivity contribution in [2.75, 3.05) is 5.73 Å². The lowest BCUT2D eigenvalue weighted by Crippen LogP contribution is -1.98. The molecule has 0 aliphatic heterocycles. The molecule has 1 unspecified atom stereocenters. The average molecular weight is 284 g/mol. The molecule has 0 aliphatic rings. The van der Waals surface area contributed by atoms with Crippen molar-refractivity contribution in [3.63, 3.8) is 0 Å². The van der Waals surface area contributed by atoms with E-state index in [0.717, 1.165) is 0 Å². The second-order valence-corrected chi connectivity index (χ2v) is 5.65. The van der Waals surface area contributed by atoms with Crippen LogP contribution in [0.15, 0.2) is 47.4 Å². The standard InChI is InChI=1S/C13H11ClFNOS/c14-13-6-1-10(15)7-9(13)8-18(17)12-4-2-11(16)3-5-12/h1-7H,8,16H2. The Labute approximate surface area is 112 Å². The highest BCUT2D eigenvalue weighted by Crippen LogP contribution is 2.21. The molecule has 2 N–H and O–H groups in total. The van der Waals surface area contributed by atoms with Gasteiger partial charge in [-0.3, -0.25) is 4.21 Å². The largest absolute Gasteiger partial charge is 0.399 e. The Morgan fingerprint density at radius 1 is 1.17 bits per heavy atom. The fourth-order valence-electron chi connectivity index (χ4n) is 1.50. The minimum absolute atomic E-state index is 0.181. The molecular formula is C13H11ClFNOS. The average Bonchev–Trinajstić information content (AvgIpc) is 2.34. The third-order valence-electron chi connectivity index (χ3n) is 2.44. The van der Waals surface area contributed by atoms with Gasteiger partial charge in [0.15, 0.2) is 0 Å². The van der Waals surface area contributed by atoms with Gasteiger partial charge in [-0.15, -0.1) is 0 Å². The number of benzene rings is 2. The summed E-state index contributed by atoms with van der Waals surface area (Å²) in [5.74, 6) is -0.204. The summed E-state index contributed by atoms with van der Waals surface area (Å²) in [6.45, 7) is 0. The fraction of sp³-hybridized carbons (Fsp3) is 0.0769. The Balaban J connectivity index is 2.21. The molecule has 5 heteroatoms. The molecule has 0 bridgehead atoms. The first-order chi connectivity index (χ1) is 8.56. The van der Waals surface area contributed by atoms with Gasteiger partial charge in [0.2, 0.25) is 0 Å². The minimum atomic E-state index is -1.27. The van der Waals surface area contributed by atoms with E-state index in [1.807, 2.05) is 0 Å². The molecule has 0 spiro atoms. The number of nitrogen functional groups attached to an aromatic ring is 1. The Morgan fingerprint density at radius 3 is 2.50 bits per heavy atom. The zero-order valence-corrected chi connectivity index (χ0v) is 11.0. The van der Waals surface area contributed by atoms with Gasteiger partial charge in [0, 0.05) is 15.6 Å². The Kier molecular flexibility index (Phi) is 3.99. The van der Waals surface area contributed by atoms with Gasteiger partial charge in [0.1, 0.15) is 5.82 Å². The van der Waals surface area contributed by atoms with Gasteiger partial charge in [-0.05, 0) is 48.0 Å². The highest BCUT2D eigenvalue weighted by Gasteiger charge is 2.09. The second kappa shape index (κ2) is 5.50. The number of hydrogen-bond acceptors (Lipinski definition) is 2. The van der Waals surface area contributed by atoms with E-state index in [2.05, 4.69) is 0 Å². The van der Waals surface area contributed by atoms with E-state index < -0.39 is 10.8 Å². The van der Waals surface area contributed by atoms with Crippen LogP contribution in [0, 0.1) is 5.82 Å². The van der Waals surface area contributed by atoms with Crippen molar-refractivity contribution in [2.45, 2.75) is 10.6 Å². The Morgan fingerprint density at radius 2 is 1.83 bits per heavy atom. The van der Waals surface area contributed by atoms with Crippen molar-refractivity contribution < 1.29 is 8.60 Å². The summed E-state index contributed by atoms with van der Waals surface area (Å²) in [5, 5.41) is 0.417. The van der Waals surface area contributed by atoms with Crippen LogP contribution in [-0.4, -0.2) is 4.21 Å². The predicted octanol–water partition coefficient (Wildman–Crippen LogP) is 3.37. The Hall–Kier alpha value is -1.39. The molecule has 0 fully saturated rings. The van der Waals surface area contributed by atoms with Crippen LogP contribution < -0.4 is 5.73 Å². The van der Waals surface area contributed by atoms with Crippen LogP contribution in [0.2, 0.25) is 5.02 Å². The van der Waals surface area contributed by atoms with Gasteiger partial charge in [-0.2, -0.15) is 0 Å². The normalized spacial score (nSPS) is 12.3. The molecule has 0 radical (unpaired) electrons. The van der Waals surface area contributed by atoms with E-state index in [4.69, 9.17) is 17.3 Å². The molecule has 0 amide bonds. The zero-order chi connectivity index (χ0) is 13.1. The van der Waals surface area contributed by atoms with Crippen LogP contribution in [-0.2, 0) is 16.6 Å².